The van der Waals surface area contributed by atoms with Gasteiger partial charge in [-0.05, 0) is 38.8 Å². The van der Waals surface area contributed by atoms with Gasteiger partial charge in [0, 0.05) is 6.54 Å². The van der Waals surface area contributed by atoms with Crippen LogP contribution < -0.4 is 0 Å². The first-order valence-corrected chi connectivity index (χ1v) is 6.22. The lowest BCUT2D eigenvalue weighted by Crippen LogP contribution is -2.28. The maximum absolute atomic E-state index is 11.0. The quantitative estimate of drug-likeness (QED) is 0.858. The Morgan fingerprint density at radius 1 is 1.50 bits per heavy atom. The molecule has 2 rings (SSSR count). The molecule has 18 heavy (non-hydrogen) atoms. The van der Waals surface area contributed by atoms with Gasteiger partial charge in [0.15, 0.2) is 0 Å². The van der Waals surface area contributed by atoms with E-state index in [2.05, 4.69) is 4.90 Å². The number of carboxylic acid groups (broad SMARTS) is 1. The summed E-state index contributed by atoms with van der Waals surface area (Å²) in [6.45, 7) is 3.96. The van der Waals surface area contributed by atoms with Crippen molar-refractivity contribution in [2.24, 2.45) is 0 Å². The predicted molar refractivity (Wildman–Crippen MR) is 65.4 cm³/mol. The van der Waals surface area contributed by atoms with Crippen LogP contribution in [0.4, 0.5) is 0 Å². The van der Waals surface area contributed by atoms with E-state index >= 15 is 0 Å². The Labute approximate surface area is 106 Å². The predicted octanol–water partition coefficient (Wildman–Crippen LogP) is 1.71. The molecular weight excluding hydrogens is 234 g/mol. The molecule has 1 unspecified atom stereocenters. The Hall–Kier alpha value is -1.33. The molecule has 1 saturated heterocycles. The first kappa shape index (κ1) is 13.1. The minimum atomic E-state index is -0.958. The summed E-state index contributed by atoms with van der Waals surface area (Å²) in [5.41, 5.74) is -0.376. The van der Waals surface area contributed by atoms with Crippen molar-refractivity contribution in [2.75, 3.05) is 13.1 Å². The van der Waals surface area contributed by atoms with E-state index in [-0.39, 0.29) is 5.56 Å². The number of rotatable bonds is 3. The molecule has 0 amide bonds. The summed E-state index contributed by atoms with van der Waals surface area (Å²) >= 11 is 0. The third-order valence-corrected chi connectivity index (χ3v) is 3.50. The van der Waals surface area contributed by atoms with Crippen LogP contribution in [0, 0.1) is 0 Å². The molecule has 1 aromatic heterocycles. The van der Waals surface area contributed by atoms with Crippen molar-refractivity contribution in [3.8, 4) is 0 Å². The molecule has 0 aromatic carbocycles. The van der Waals surface area contributed by atoms with Crippen LogP contribution in [0.15, 0.2) is 16.7 Å². The van der Waals surface area contributed by atoms with Crippen molar-refractivity contribution in [2.45, 2.75) is 38.3 Å². The number of likely N-dealkylation sites (tertiary alicyclic amines) is 1. The largest absolute Gasteiger partial charge is 0.478 e. The van der Waals surface area contributed by atoms with Crippen LogP contribution in [0.3, 0.4) is 0 Å². The number of carbonyl (C=O) groups is 1. The van der Waals surface area contributed by atoms with E-state index in [0.29, 0.717) is 18.7 Å². The molecular formula is C13H19NO4. The van der Waals surface area contributed by atoms with Crippen LogP contribution in [0.5, 0.6) is 0 Å². The molecule has 0 bridgehead atoms. The van der Waals surface area contributed by atoms with Gasteiger partial charge in [0.25, 0.3) is 0 Å². The molecule has 1 fully saturated rings. The number of carboxylic acids is 1. The van der Waals surface area contributed by atoms with Gasteiger partial charge in [0.2, 0.25) is 0 Å². The highest BCUT2D eigenvalue weighted by molar-refractivity contribution is 5.88. The van der Waals surface area contributed by atoms with Crippen LogP contribution in [0.1, 0.15) is 42.3 Å². The van der Waals surface area contributed by atoms with E-state index < -0.39 is 11.6 Å². The van der Waals surface area contributed by atoms with E-state index in [0.717, 1.165) is 25.9 Å². The van der Waals surface area contributed by atoms with Crippen molar-refractivity contribution >= 4 is 5.97 Å². The summed E-state index contributed by atoms with van der Waals surface area (Å²) in [5.74, 6) is -0.468. The fourth-order valence-electron chi connectivity index (χ4n) is 2.33. The summed E-state index contributed by atoms with van der Waals surface area (Å²) < 4.78 is 5.24. The molecule has 0 radical (unpaired) electrons. The van der Waals surface area contributed by atoms with Gasteiger partial charge in [-0.2, -0.15) is 0 Å². The zero-order valence-corrected chi connectivity index (χ0v) is 10.6. The number of furan rings is 1. The first-order valence-electron chi connectivity index (χ1n) is 6.22. The monoisotopic (exact) mass is 253 g/mol. The lowest BCUT2D eigenvalue weighted by atomic mass is 9.98. The maximum Gasteiger partial charge on any atom is 0.339 e. The van der Waals surface area contributed by atoms with Gasteiger partial charge in [0.1, 0.15) is 11.3 Å². The van der Waals surface area contributed by atoms with Gasteiger partial charge in [-0.3, -0.25) is 4.90 Å². The highest BCUT2D eigenvalue weighted by Gasteiger charge is 2.26. The SMILES string of the molecule is CC1(O)CCCN(Cc2occc2C(=O)O)CC1. The number of aromatic carboxylic acids is 1. The molecule has 1 aromatic rings. The van der Waals surface area contributed by atoms with Crippen molar-refractivity contribution in [1.29, 1.82) is 0 Å². The van der Waals surface area contributed by atoms with E-state index in [4.69, 9.17) is 9.52 Å². The second-order valence-electron chi connectivity index (χ2n) is 5.19. The Kier molecular flexibility index (Phi) is 3.73. The standard InChI is InChI=1S/C13H19NO4/c1-13(17)4-2-6-14(7-5-13)9-11-10(12(15)16)3-8-18-11/h3,8,17H,2,4-7,9H2,1H3,(H,15,16). The molecule has 1 aliphatic heterocycles. The summed E-state index contributed by atoms with van der Waals surface area (Å²) in [6.07, 6.45) is 3.81. The van der Waals surface area contributed by atoms with Gasteiger partial charge >= 0.3 is 5.97 Å². The molecule has 1 atom stereocenters. The first-order chi connectivity index (χ1) is 8.48. The van der Waals surface area contributed by atoms with Gasteiger partial charge in [-0.25, -0.2) is 4.79 Å². The molecule has 0 aliphatic carbocycles. The number of aliphatic hydroxyl groups is 1. The van der Waals surface area contributed by atoms with Crippen LogP contribution in [0.25, 0.3) is 0 Å². The van der Waals surface area contributed by atoms with E-state index in [1.807, 2.05) is 6.92 Å². The highest BCUT2D eigenvalue weighted by Crippen LogP contribution is 2.23. The summed E-state index contributed by atoms with van der Waals surface area (Å²) in [5, 5.41) is 19.0. The molecule has 0 spiro atoms. The third-order valence-electron chi connectivity index (χ3n) is 3.50. The zero-order valence-electron chi connectivity index (χ0n) is 10.6. The Morgan fingerprint density at radius 3 is 3.00 bits per heavy atom. The van der Waals surface area contributed by atoms with Crippen molar-refractivity contribution in [1.82, 2.24) is 4.90 Å². The van der Waals surface area contributed by atoms with Crippen molar-refractivity contribution in [3.05, 3.63) is 23.7 Å². The smallest absolute Gasteiger partial charge is 0.339 e. The maximum atomic E-state index is 11.0. The summed E-state index contributed by atoms with van der Waals surface area (Å²) in [7, 11) is 0. The second kappa shape index (κ2) is 5.12. The number of hydrogen-bond acceptors (Lipinski definition) is 4. The molecule has 1 aliphatic rings. The third kappa shape index (κ3) is 3.11. The molecule has 5 heteroatoms. The molecule has 5 nitrogen and oxygen atoms in total. The van der Waals surface area contributed by atoms with Crippen LogP contribution >= 0.6 is 0 Å². The zero-order chi connectivity index (χ0) is 13.2. The van der Waals surface area contributed by atoms with Gasteiger partial charge in [0.05, 0.1) is 18.4 Å². The number of nitrogens with zero attached hydrogens (tertiary/aromatic N) is 1. The lowest BCUT2D eigenvalue weighted by molar-refractivity contribution is 0.0440. The van der Waals surface area contributed by atoms with Gasteiger partial charge in [-0.15, -0.1) is 0 Å². The fraction of sp³-hybridized carbons (Fsp3) is 0.615. The molecule has 2 N–H and O–H groups in total. The Balaban J connectivity index is 2.01. The average Bonchev–Trinajstić information content (AvgIpc) is 2.66. The molecule has 0 saturated carbocycles. The Bertz CT molecular complexity index is 424. The van der Waals surface area contributed by atoms with E-state index in [9.17, 15) is 9.90 Å². The fourth-order valence-corrected chi connectivity index (χ4v) is 2.33. The minimum absolute atomic E-state index is 0.228. The topological polar surface area (TPSA) is 73.9 Å². The number of hydrogen-bond donors (Lipinski definition) is 2. The molecule has 100 valence electrons. The van der Waals surface area contributed by atoms with Crippen LogP contribution in [-0.4, -0.2) is 39.8 Å². The van der Waals surface area contributed by atoms with Gasteiger partial charge in [-0.1, -0.05) is 0 Å². The van der Waals surface area contributed by atoms with Crippen molar-refractivity contribution < 1.29 is 19.4 Å². The average molecular weight is 253 g/mol. The van der Waals surface area contributed by atoms with Crippen LogP contribution in [0.2, 0.25) is 0 Å². The normalized spacial score (nSPS) is 25.9. The summed E-state index contributed by atoms with van der Waals surface area (Å²) in [4.78, 5) is 13.1. The van der Waals surface area contributed by atoms with Gasteiger partial charge < -0.3 is 14.6 Å². The van der Waals surface area contributed by atoms with Crippen molar-refractivity contribution in [3.63, 3.8) is 0 Å². The van der Waals surface area contributed by atoms with Crippen LogP contribution in [-0.2, 0) is 6.54 Å². The van der Waals surface area contributed by atoms with E-state index in [1.54, 1.807) is 0 Å². The lowest BCUT2D eigenvalue weighted by Gasteiger charge is -2.21. The second-order valence-corrected chi connectivity index (χ2v) is 5.19. The highest BCUT2D eigenvalue weighted by atomic mass is 16.4. The molecule has 2 heterocycles. The van der Waals surface area contributed by atoms with E-state index in [1.165, 1.54) is 12.3 Å². The minimum Gasteiger partial charge on any atom is -0.478 e. The summed E-state index contributed by atoms with van der Waals surface area (Å²) in [6, 6.07) is 1.48. The Morgan fingerprint density at radius 2 is 2.28 bits per heavy atom.